The maximum absolute atomic E-state index is 11.4. The first-order valence-corrected chi connectivity index (χ1v) is 9.73. The maximum Gasteiger partial charge on any atom is 0.231 e. The number of aliphatic hydroxyl groups is 1. The predicted octanol–water partition coefficient (Wildman–Crippen LogP) is 2.39. The van der Waals surface area contributed by atoms with Gasteiger partial charge in [0.1, 0.15) is 12.3 Å². The molecule has 0 unspecified atom stereocenters. The van der Waals surface area contributed by atoms with E-state index in [0.717, 1.165) is 12.8 Å². The molecule has 2 aromatic heterocycles. The first-order valence-electron chi connectivity index (χ1n) is 9.73. The predicted molar refractivity (Wildman–Crippen MR) is 112 cm³/mol. The van der Waals surface area contributed by atoms with Crippen LogP contribution in [-0.2, 0) is 11.4 Å². The Hall–Kier alpha value is -3.14. The molecular weight excluding hydrogens is 390 g/mol. The zero-order valence-corrected chi connectivity index (χ0v) is 17.8. The summed E-state index contributed by atoms with van der Waals surface area (Å²) in [5, 5.41) is 15.2. The van der Waals surface area contributed by atoms with Crippen molar-refractivity contribution in [1.82, 2.24) is 15.0 Å². The van der Waals surface area contributed by atoms with Crippen molar-refractivity contribution in [2.24, 2.45) is 0 Å². The Kier molecular flexibility index (Phi) is 9.07. The van der Waals surface area contributed by atoms with Crippen LogP contribution in [0.25, 0.3) is 0 Å². The molecule has 0 saturated heterocycles. The third-order valence-electron chi connectivity index (χ3n) is 4.23. The molecule has 3 N–H and O–H groups in total. The molecule has 0 aliphatic rings. The molecule has 0 radical (unpaired) electrons. The molecule has 30 heavy (non-hydrogen) atoms. The fourth-order valence-electron chi connectivity index (χ4n) is 2.88. The third kappa shape index (κ3) is 6.45. The number of amides is 1. The number of aliphatic hydroxyl groups excluding tert-OH is 1. The molecule has 0 aromatic carbocycles. The molecule has 1 atom stereocenters. The Morgan fingerprint density at radius 3 is 2.63 bits per heavy atom. The highest BCUT2D eigenvalue weighted by molar-refractivity contribution is 5.86. The van der Waals surface area contributed by atoms with Crippen molar-refractivity contribution < 1.29 is 24.1 Å². The van der Waals surface area contributed by atoms with Gasteiger partial charge in [-0.1, -0.05) is 13.3 Å². The number of pyridine rings is 1. The summed E-state index contributed by atoms with van der Waals surface area (Å²) >= 11 is 0. The monoisotopic (exact) mass is 419 g/mol. The average Bonchev–Trinajstić information content (AvgIpc) is 2.72. The quantitative estimate of drug-likeness (QED) is 0.475. The number of nitrogens with one attached hydrogen (secondary N) is 2. The van der Waals surface area contributed by atoms with E-state index in [0.29, 0.717) is 35.2 Å². The number of ether oxygens (including phenoxy) is 3. The molecular formula is C20H29N5O5. The van der Waals surface area contributed by atoms with Gasteiger partial charge in [0.25, 0.3) is 0 Å². The first-order chi connectivity index (χ1) is 14.5. The fourth-order valence-corrected chi connectivity index (χ4v) is 2.88. The van der Waals surface area contributed by atoms with Gasteiger partial charge >= 0.3 is 0 Å². The molecule has 2 aromatic rings. The lowest BCUT2D eigenvalue weighted by atomic mass is 10.1. The van der Waals surface area contributed by atoms with Crippen molar-refractivity contribution in [3.8, 4) is 17.2 Å². The highest BCUT2D eigenvalue weighted by atomic mass is 16.5. The molecule has 0 aliphatic carbocycles. The summed E-state index contributed by atoms with van der Waals surface area (Å²) in [4.78, 5) is 24.2. The van der Waals surface area contributed by atoms with Crippen molar-refractivity contribution in [2.75, 3.05) is 31.5 Å². The zero-order valence-electron chi connectivity index (χ0n) is 17.8. The molecule has 164 valence electrons. The van der Waals surface area contributed by atoms with Gasteiger partial charge in [-0.2, -0.15) is 4.98 Å². The van der Waals surface area contributed by atoms with Gasteiger partial charge in [0.15, 0.2) is 23.1 Å². The molecule has 0 fully saturated rings. The van der Waals surface area contributed by atoms with E-state index in [1.807, 2.05) is 0 Å². The topological polar surface area (TPSA) is 128 Å². The lowest BCUT2D eigenvalue weighted by Crippen LogP contribution is -2.22. The number of methoxy groups -OCH3 is 2. The van der Waals surface area contributed by atoms with Crippen molar-refractivity contribution in [3.63, 3.8) is 0 Å². The van der Waals surface area contributed by atoms with Gasteiger partial charge in [0, 0.05) is 31.8 Å². The normalized spacial score (nSPS) is 11.5. The Labute approximate surface area is 176 Å². The van der Waals surface area contributed by atoms with Crippen molar-refractivity contribution >= 4 is 17.7 Å². The maximum atomic E-state index is 11.4. The van der Waals surface area contributed by atoms with E-state index in [2.05, 4.69) is 32.5 Å². The number of carbonyl (C=O) groups excluding carboxylic acids is 1. The number of nitrogens with zero attached hydrogens (tertiary/aromatic N) is 3. The van der Waals surface area contributed by atoms with Crippen LogP contribution in [0.1, 0.15) is 38.8 Å². The summed E-state index contributed by atoms with van der Waals surface area (Å²) in [5.41, 5.74) is 0.550. The summed E-state index contributed by atoms with van der Waals surface area (Å²) in [6.07, 6.45) is 5.41. The molecule has 2 rings (SSSR count). The number of aromatic nitrogens is 3. The summed E-state index contributed by atoms with van der Waals surface area (Å²) in [6, 6.07) is 1.69. The van der Waals surface area contributed by atoms with Gasteiger partial charge in [-0.15, -0.1) is 0 Å². The molecule has 2 heterocycles. The van der Waals surface area contributed by atoms with Gasteiger partial charge in [-0.05, 0) is 12.8 Å². The van der Waals surface area contributed by atoms with Gasteiger partial charge in [0.2, 0.25) is 11.9 Å². The lowest BCUT2D eigenvalue weighted by molar-refractivity contribution is -0.114. The summed E-state index contributed by atoms with van der Waals surface area (Å²) in [7, 11) is 3.08. The largest absolute Gasteiger partial charge is 0.493 e. The van der Waals surface area contributed by atoms with Crippen LogP contribution in [0.4, 0.5) is 11.8 Å². The molecule has 1 amide bonds. The van der Waals surface area contributed by atoms with Crippen LogP contribution in [0.2, 0.25) is 0 Å². The number of carbonyl (C=O) groups is 1. The minimum Gasteiger partial charge on any atom is -0.493 e. The number of rotatable bonds is 12. The van der Waals surface area contributed by atoms with E-state index in [1.165, 1.54) is 20.2 Å². The SMILES string of the molecule is CCC[C@@H](CCO)Nc1nc(NC(C)=O)ncc1OCc1nccc(OC)c1OC. The number of hydrogen-bond acceptors (Lipinski definition) is 9. The highest BCUT2D eigenvalue weighted by Crippen LogP contribution is 2.31. The van der Waals surface area contributed by atoms with Crippen LogP contribution in [-0.4, -0.2) is 52.8 Å². The zero-order chi connectivity index (χ0) is 21.9. The number of hydrogen-bond donors (Lipinski definition) is 3. The summed E-state index contributed by atoms with van der Waals surface area (Å²) in [5.74, 6) is 1.72. The van der Waals surface area contributed by atoms with E-state index in [-0.39, 0.29) is 31.1 Å². The van der Waals surface area contributed by atoms with Crippen LogP contribution in [0.3, 0.4) is 0 Å². The van der Waals surface area contributed by atoms with Crippen LogP contribution in [0.15, 0.2) is 18.5 Å². The minimum atomic E-state index is -0.277. The lowest BCUT2D eigenvalue weighted by Gasteiger charge is -2.20. The van der Waals surface area contributed by atoms with Crippen LogP contribution >= 0.6 is 0 Å². The van der Waals surface area contributed by atoms with Crippen molar-refractivity contribution in [1.29, 1.82) is 0 Å². The summed E-state index contributed by atoms with van der Waals surface area (Å²) < 4.78 is 16.6. The van der Waals surface area contributed by atoms with E-state index < -0.39 is 0 Å². The molecule has 10 nitrogen and oxygen atoms in total. The van der Waals surface area contributed by atoms with Gasteiger partial charge in [-0.25, -0.2) is 4.98 Å². The summed E-state index contributed by atoms with van der Waals surface area (Å²) in [6.45, 7) is 3.58. The van der Waals surface area contributed by atoms with Crippen molar-refractivity contribution in [3.05, 3.63) is 24.2 Å². The second-order valence-electron chi connectivity index (χ2n) is 6.51. The Morgan fingerprint density at radius 1 is 1.20 bits per heavy atom. The molecule has 0 spiro atoms. The minimum absolute atomic E-state index is 0.00749. The highest BCUT2D eigenvalue weighted by Gasteiger charge is 2.17. The molecule has 0 bridgehead atoms. The van der Waals surface area contributed by atoms with E-state index in [9.17, 15) is 9.90 Å². The van der Waals surface area contributed by atoms with Gasteiger partial charge in [0.05, 0.1) is 20.4 Å². The van der Waals surface area contributed by atoms with E-state index >= 15 is 0 Å². The Bertz CT molecular complexity index is 827. The Balaban J connectivity index is 2.28. The third-order valence-corrected chi connectivity index (χ3v) is 4.23. The molecule has 0 aliphatic heterocycles. The first kappa shape index (κ1) is 23.1. The van der Waals surface area contributed by atoms with E-state index in [4.69, 9.17) is 14.2 Å². The number of anilines is 2. The average molecular weight is 419 g/mol. The van der Waals surface area contributed by atoms with Gasteiger partial charge in [-0.3, -0.25) is 15.1 Å². The second-order valence-corrected chi connectivity index (χ2v) is 6.51. The van der Waals surface area contributed by atoms with Crippen molar-refractivity contribution in [2.45, 2.75) is 45.8 Å². The smallest absolute Gasteiger partial charge is 0.231 e. The van der Waals surface area contributed by atoms with E-state index in [1.54, 1.807) is 19.4 Å². The fraction of sp³-hybridized carbons (Fsp3) is 0.500. The van der Waals surface area contributed by atoms with Crippen LogP contribution in [0, 0.1) is 0 Å². The van der Waals surface area contributed by atoms with Gasteiger partial charge < -0.3 is 24.6 Å². The Morgan fingerprint density at radius 2 is 2.00 bits per heavy atom. The molecule has 10 heteroatoms. The van der Waals surface area contributed by atoms with Crippen LogP contribution < -0.4 is 24.8 Å². The second kappa shape index (κ2) is 11.8. The standard InChI is InChI=1S/C20H29N5O5/c1-5-6-14(8-10-26)24-19-17(11-22-20(25-19)23-13(2)27)30-12-15-18(29-4)16(28-3)7-9-21-15/h7,9,11,14,26H,5-6,8,10,12H2,1-4H3,(H2,22,23,24,25,27)/t14-/m0/s1. The molecule has 0 saturated carbocycles. The van der Waals surface area contributed by atoms with Crippen LogP contribution in [0.5, 0.6) is 17.2 Å².